The highest BCUT2D eigenvalue weighted by Crippen LogP contribution is 2.30. The fourth-order valence-corrected chi connectivity index (χ4v) is 2.60. The van der Waals surface area contributed by atoms with Crippen LogP contribution in [-0.2, 0) is 14.3 Å². The molecule has 0 atom stereocenters. The van der Waals surface area contributed by atoms with Gasteiger partial charge in [-0.1, -0.05) is 19.9 Å². The van der Waals surface area contributed by atoms with Crippen molar-refractivity contribution >= 4 is 35.4 Å². The number of hydrogen-bond donors (Lipinski definition) is 2. The maximum atomic E-state index is 12.4. The number of ether oxygens (including phenoxy) is 1. The van der Waals surface area contributed by atoms with Crippen LogP contribution in [0.25, 0.3) is 0 Å². The summed E-state index contributed by atoms with van der Waals surface area (Å²) in [5.74, 6) is -3.19. The summed E-state index contributed by atoms with van der Waals surface area (Å²) in [4.78, 5) is 70.5. The summed E-state index contributed by atoms with van der Waals surface area (Å²) < 4.78 is 4.71. The van der Waals surface area contributed by atoms with Gasteiger partial charge in [-0.05, 0) is 12.0 Å². The average Bonchev–Trinajstić information content (AvgIpc) is 2.93. The third kappa shape index (κ3) is 5.37. The van der Waals surface area contributed by atoms with Crippen molar-refractivity contribution in [2.75, 3.05) is 19.7 Å². The number of amides is 5. The van der Waals surface area contributed by atoms with E-state index in [-0.39, 0.29) is 23.6 Å². The zero-order valence-electron chi connectivity index (χ0n) is 16.3. The molecule has 0 bridgehead atoms. The largest absolute Gasteiger partial charge is 0.456 e. The van der Waals surface area contributed by atoms with Gasteiger partial charge in [0.1, 0.15) is 5.56 Å². The monoisotopic (exact) mass is 420 g/mol. The third-order valence-electron chi connectivity index (χ3n) is 4.00. The summed E-state index contributed by atoms with van der Waals surface area (Å²) in [6.45, 7) is 3.00. The molecule has 30 heavy (non-hydrogen) atoms. The SMILES string of the molecule is CC(C)CNC(=O)NC(=O)COC(=O)CCN1C(=O)c2cccc([N+](=O)[O-])c2C1=O. The molecule has 12 nitrogen and oxygen atoms in total. The van der Waals surface area contributed by atoms with Crippen LogP contribution in [0.15, 0.2) is 18.2 Å². The number of esters is 1. The molecule has 0 spiro atoms. The number of rotatable bonds is 8. The summed E-state index contributed by atoms with van der Waals surface area (Å²) >= 11 is 0. The van der Waals surface area contributed by atoms with Gasteiger partial charge in [-0.2, -0.15) is 0 Å². The highest BCUT2D eigenvalue weighted by Gasteiger charge is 2.40. The minimum atomic E-state index is -0.890. The van der Waals surface area contributed by atoms with Gasteiger partial charge in [0, 0.05) is 19.2 Å². The van der Waals surface area contributed by atoms with Gasteiger partial charge in [0.25, 0.3) is 23.4 Å². The number of nitro benzene ring substituents is 1. The topological polar surface area (TPSA) is 165 Å². The van der Waals surface area contributed by atoms with E-state index >= 15 is 0 Å². The van der Waals surface area contributed by atoms with E-state index in [9.17, 15) is 34.1 Å². The lowest BCUT2D eigenvalue weighted by molar-refractivity contribution is -0.385. The van der Waals surface area contributed by atoms with Crippen LogP contribution in [0.5, 0.6) is 0 Å². The summed E-state index contributed by atoms with van der Waals surface area (Å²) in [5.41, 5.74) is -0.939. The highest BCUT2D eigenvalue weighted by atomic mass is 16.6. The van der Waals surface area contributed by atoms with Gasteiger partial charge in [-0.15, -0.1) is 0 Å². The Bertz CT molecular complexity index is 911. The second-order valence-corrected chi connectivity index (χ2v) is 6.78. The quantitative estimate of drug-likeness (QED) is 0.267. The van der Waals surface area contributed by atoms with E-state index in [1.54, 1.807) is 0 Å². The Balaban J connectivity index is 1.84. The van der Waals surface area contributed by atoms with Crippen LogP contribution >= 0.6 is 0 Å². The first-order valence-electron chi connectivity index (χ1n) is 8.98. The van der Waals surface area contributed by atoms with Crippen LogP contribution in [-0.4, -0.2) is 59.2 Å². The predicted octanol–water partition coefficient (Wildman–Crippen LogP) is 0.606. The second kappa shape index (κ2) is 9.58. The van der Waals surface area contributed by atoms with Crippen molar-refractivity contribution in [1.29, 1.82) is 0 Å². The van der Waals surface area contributed by atoms with Crippen LogP contribution in [0.4, 0.5) is 10.5 Å². The zero-order valence-corrected chi connectivity index (χ0v) is 16.3. The number of carbonyl (C=O) groups excluding carboxylic acids is 5. The van der Waals surface area contributed by atoms with Crippen molar-refractivity contribution < 1.29 is 33.6 Å². The number of imide groups is 2. The second-order valence-electron chi connectivity index (χ2n) is 6.78. The first kappa shape index (κ1) is 22.5. The van der Waals surface area contributed by atoms with Crippen molar-refractivity contribution in [2.24, 2.45) is 5.92 Å². The third-order valence-corrected chi connectivity index (χ3v) is 4.00. The Morgan fingerprint density at radius 1 is 1.20 bits per heavy atom. The lowest BCUT2D eigenvalue weighted by Gasteiger charge is -2.13. The molecule has 1 aliphatic heterocycles. The maximum absolute atomic E-state index is 12.4. The number of carbonyl (C=O) groups is 5. The number of hydrogen-bond acceptors (Lipinski definition) is 8. The Labute approximate surface area is 170 Å². The molecule has 0 radical (unpaired) electrons. The minimum absolute atomic E-state index is 0.116. The lowest BCUT2D eigenvalue weighted by atomic mass is 10.1. The van der Waals surface area contributed by atoms with Crippen LogP contribution < -0.4 is 10.6 Å². The standard InChI is InChI=1S/C18H20N4O8/c1-10(2)8-19-18(27)20-13(23)9-30-14(24)6-7-21-16(25)11-4-3-5-12(22(28)29)15(11)17(21)26/h3-5,10H,6-9H2,1-2H3,(H2,19,20,23,27). The number of nitro groups is 1. The molecule has 2 rings (SSSR count). The van der Waals surface area contributed by atoms with Crippen molar-refractivity contribution in [3.05, 3.63) is 39.4 Å². The molecule has 1 aromatic rings. The Morgan fingerprint density at radius 3 is 2.53 bits per heavy atom. The molecule has 1 heterocycles. The van der Waals surface area contributed by atoms with Crippen LogP contribution in [0.3, 0.4) is 0 Å². The van der Waals surface area contributed by atoms with E-state index in [4.69, 9.17) is 4.74 Å². The van der Waals surface area contributed by atoms with Gasteiger partial charge < -0.3 is 10.1 Å². The van der Waals surface area contributed by atoms with Crippen LogP contribution in [0.2, 0.25) is 0 Å². The molecule has 12 heteroatoms. The molecule has 2 N–H and O–H groups in total. The molecule has 160 valence electrons. The number of benzene rings is 1. The van der Waals surface area contributed by atoms with Crippen molar-refractivity contribution in [2.45, 2.75) is 20.3 Å². The van der Waals surface area contributed by atoms with Crippen molar-refractivity contribution in [3.63, 3.8) is 0 Å². The van der Waals surface area contributed by atoms with Gasteiger partial charge in [0.2, 0.25) is 0 Å². The molecule has 0 saturated carbocycles. The Morgan fingerprint density at radius 2 is 1.90 bits per heavy atom. The minimum Gasteiger partial charge on any atom is -0.456 e. The van der Waals surface area contributed by atoms with E-state index in [0.717, 1.165) is 6.07 Å². The van der Waals surface area contributed by atoms with E-state index in [0.29, 0.717) is 11.4 Å². The zero-order chi connectivity index (χ0) is 22.4. The fourth-order valence-electron chi connectivity index (χ4n) is 2.60. The van der Waals surface area contributed by atoms with Crippen LogP contribution in [0, 0.1) is 16.0 Å². The molecule has 1 aromatic carbocycles. The van der Waals surface area contributed by atoms with Gasteiger partial charge in [-0.25, -0.2) is 4.79 Å². The van der Waals surface area contributed by atoms with Gasteiger partial charge in [0.15, 0.2) is 6.61 Å². The predicted molar refractivity (Wildman–Crippen MR) is 100 cm³/mol. The molecule has 5 amide bonds. The first-order chi connectivity index (χ1) is 14.1. The smallest absolute Gasteiger partial charge is 0.321 e. The maximum Gasteiger partial charge on any atom is 0.321 e. The first-order valence-corrected chi connectivity index (χ1v) is 8.98. The molecule has 1 aliphatic rings. The molecule has 0 aliphatic carbocycles. The van der Waals surface area contributed by atoms with Gasteiger partial charge >= 0.3 is 12.0 Å². The lowest BCUT2D eigenvalue weighted by Crippen LogP contribution is -2.42. The van der Waals surface area contributed by atoms with E-state index in [1.165, 1.54) is 12.1 Å². The van der Waals surface area contributed by atoms with Gasteiger partial charge in [-0.3, -0.25) is 39.5 Å². The molecule has 0 saturated heterocycles. The van der Waals surface area contributed by atoms with E-state index < -0.39 is 53.4 Å². The normalized spacial score (nSPS) is 12.6. The summed E-state index contributed by atoms with van der Waals surface area (Å²) in [5, 5.41) is 15.5. The molecule has 0 unspecified atom stereocenters. The van der Waals surface area contributed by atoms with Crippen LogP contribution in [0.1, 0.15) is 41.0 Å². The number of urea groups is 1. The molecule has 0 aromatic heterocycles. The summed E-state index contributed by atoms with van der Waals surface area (Å²) in [6, 6.07) is 2.96. The van der Waals surface area contributed by atoms with Crippen molar-refractivity contribution in [1.82, 2.24) is 15.5 Å². The van der Waals surface area contributed by atoms with E-state index in [1.807, 2.05) is 19.2 Å². The van der Waals surface area contributed by atoms with Crippen molar-refractivity contribution in [3.8, 4) is 0 Å². The van der Waals surface area contributed by atoms with E-state index in [2.05, 4.69) is 5.32 Å². The molecular weight excluding hydrogens is 400 g/mol. The number of fused-ring (bicyclic) bond motifs is 1. The van der Waals surface area contributed by atoms with Gasteiger partial charge in [0.05, 0.1) is 16.9 Å². The highest BCUT2D eigenvalue weighted by molar-refractivity contribution is 6.23. The summed E-state index contributed by atoms with van der Waals surface area (Å²) in [6.07, 6.45) is -0.425. The number of nitrogens with zero attached hydrogens (tertiary/aromatic N) is 2. The summed E-state index contributed by atoms with van der Waals surface area (Å²) in [7, 11) is 0. The molecule has 0 fully saturated rings. The Kier molecular flexibility index (Phi) is 7.17. The average molecular weight is 420 g/mol. The Hall–Kier alpha value is -3.83. The molecular formula is C18H20N4O8. The number of nitrogens with one attached hydrogen (secondary N) is 2. The fraction of sp³-hybridized carbons (Fsp3) is 0.389.